The van der Waals surface area contributed by atoms with Gasteiger partial charge in [-0.2, -0.15) is 0 Å². The van der Waals surface area contributed by atoms with E-state index in [1.54, 1.807) is 6.07 Å². The zero-order chi connectivity index (χ0) is 22.4. The van der Waals surface area contributed by atoms with Crippen LogP contribution in [0.4, 0.5) is 14.5 Å². The van der Waals surface area contributed by atoms with E-state index in [0.717, 1.165) is 36.7 Å². The van der Waals surface area contributed by atoms with E-state index in [1.807, 2.05) is 6.07 Å². The molecule has 0 aromatic heterocycles. The van der Waals surface area contributed by atoms with Crippen molar-refractivity contribution in [1.82, 2.24) is 4.90 Å². The minimum atomic E-state index is -0.694. The molecule has 1 unspecified atom stereocenters. The first-order chi connectivity index (χ1) is 15.4. The Morgan fingerprint density at radius 1 is 1.03 bits per heavy atom. The van der Waals surface area contributed by atoms with Gasteiger partial charge in [0.25, 0.3) is 5.91 Å². The van der Waals surface area contributed by atoms with Gasteiger partial charge in [-0.3, -0.25) is 4.79 Å². The molecule has 0 radical (unpaired) electrons. The Kier molecular flexibility index (Phi) is 5.31. The highest BCUT2D eigenvalue weighted by Crippen LogP contribution is 2.41. The van der Waals surface area contributed by atoms with Crippen LogP contribution in [0.3, 0.4) is 0 Å². The summed E-state index contributed by atoms with van der Waals surface area (Å²) >= 11 is 6.55. The number of carbonyl (C=O) groups excluding carboxylic acids is 1. The van der Waals surface area contributed by atoms with Crippen LogP contribution >= 0.6 is 11.6 Å². The van der Waals surface area contributed by atoms with E-state index in [2.05, 4.69) is 41.5 Å². The van der Waals surface area contributed by atoms with Gasteiger partial charge in [-0.15, -0.1) is 0 Å². The lowest BCUT2D eigenvalue weighted by Gasteiger charge is -2.13. The number of nitrogens with one attached hydrogen (secondary N) is 1. The molecule has 0 bridgehead atoms. The summed E-state index contributed by atoms with van der Waals surface area (Å²) in [4.78, 5) is 14.9. The second-order valence-electron chi connectivity index (χ2n) is 8.46. The van der Waals surface area contributed by atoms with Gasteiger partial charge < -0.3 is 10.2 Å². The van der Waals surface area contributed by atoms with Crippen LogP contribution in [0, 0.1) is 11.6 Å². The van der Waals surface area contributed by atoms with Gasteiger partial charge in [-0.25, -0.2) is 8.78 Å². The molecule has 1 N–H and O–H groups in total. The van der Waals surface area contributed by atoms with Crippen LogP contribution in [0.1, 0.15) is 29.0 Å². The van der Waals surface area contributed by atoms with E-state index in [1.165, 1.54) is 23.8 Å². The van der Waals surface area contributed by atoms with Crippen molar-refractivity contribution in [3.8, 4) is 11.1 Å². The number of rotatable bonds is 3. The number of anilines is 1. The Balaban J connectivity index is 1.51. The van der Waals surface area contributed by atoms with E-state index in [4.69, 9.17) is 11.6 Å². The highest BCUT2D eigenvalue weighted by Gasteiger charge is 2.26. The lowest BCUT2D eigenvalue weighted by molar-refractivity contribution is -0.110. The first-order valence-corrected chi connectivity index (χ1v) is 10.9. The van der Waals surface area contributed by atoms with Gasteiger partial charge in [0.15, 0.2) is 0 Å². The Hall–Kier alpha value is -3.02. The van der Waals surface area contributed by atoms with E-state index < -0.39 is 11.6 Å². The van der Waals surface area contributed by atoms with Crippen molar-refractivity contribution in [1.29, 1.82) is 0 Å². The second-order valence-corrected chi connectivity index (χ2v) is 8.87. The highest BCUT2D eigenvalue weighted by molar-refractivity contribution is 6.38. The monoisotopic (exact) mass is 450 g/mol. The first kappa shape index (κ1) is 20.9. The smallest absolute Gasteiger partial charge is 0.256 e. The average molecular weight is 451 g/mol. The number of hydrogen-bond acceptors (Lipinski definition) is 2. The third-order valence-electron chi connectivity index (χ3n) is 6.17. The van der Waals surface area contributed by atoms with Crippen LogP contribution in [-0.4, -0.2) is 30.9 Å². The molecule has 1 saturated heterocycles. The van der Waals surface area contributed by atoms with Gasteiger partial charge in [0, 0.05) is 29.3 Å². The second kappa shape index (κ2) is 8.15. The quantitative estimate of drug-likeness (QED) is 0.482. The van der Waals surface area contributed by atoms with E-state index in [9.17, 15) is 13.6 Å². The molecule has 32 heavy (non-hydrogen) atoms. The molecular formula is C26H21ClF2N2O. The van der Waals surface area contributed by atoms with Crippen molar-refractivity contribution < 1.29 is 13.6 Å². The maximum absolute atomic E-state index is 13.6. The van der Waals surface area contributed by atoms with Gasteiger partial charge in [-0.05, 0) is 73.0 Å². The fourth-order valence-corrected chi connectivity index (χ4v) is 4.82. The molecule has 162 valence electrons. The normalized spacial score (nSPS) is 19.4. The van der Waals surface area contributed by atoms with Crippen LogP contribution in [0.15, 0.2) is 54.6 Å². The topological polar surface area (TPSA) is 32.3 Å². The zero-order valence-corrected chi connectivity index (χ0v) is 18.2. The molecule has 3 nitrogen and oxygen atoms in total. The highest BCUT2D eigenvalue weighted by atomic mass is 35.5. The van der Waals surface area contributed by atoms with Crippen molar-refractivity contribution in [3.63, 3.8) is 0 Å². The summed E-state index contributed by atoms with van der Waals surface area (Å²) < 4.78 is 27.2. The molecule has 1 fully saturated rings. The molecule has 1 atom stereocenters. The fraction of sp³-hybridized carbons (Fsp3) is 0.192. The molecule has 0 spiro atoms. The fourth-order valence-electron chi connectivity index (χ4n) is 4.54. The summed E-state index contributed by atoms with van der Waals surface area (Å²) in [5.41, 5.74) is 4.91. The molecule has 3 aromatic carbocycles. The molecule has 2 heterocycles. The van der Waals surface area contributed by atoms with Crippen molar-refractivity contribution >= 4 is 34.8 Å². The third-order valence-corrected chi connectivity index (χ3v) is 6.48. The summed E-state index contributed by atoms with van der Waals surface area (Å²) in [6, 6.07) is 15.1. The van der Waals surface area contributed by atoms with E-state index in [-0.39, 0.29) is 11.5 Å². The van der Waals surface area contributed by atoms with E-state index >= 15 is 0 Å². The van der Waals surface area contributed by atoms with Crippen LogP contribution < -0.4 is 5.32 Å². The largest absolute Gasteiger partial charge is 0.321 e. The number of hydrogen-bond donors (Lipinski definition) is 1. The van der Waals surface area contributed by atoms with Crippen molar-refractivity contribution in [3.05, 3.63) is 87.9 Å². The number of fused-ring (bicyclic) bond motifs is 1. The maximum atomic E-state index is 13.6. The Labute approximate surface area is 190 Å². The lowest BCUT2D eigenvalue weighted by Crippen LogP contribution is -2.13. The number of nitrogens with zero attached hydrogens (tertiary/aromatic N) is 1. The van der Waals surface area contributed by atoms with E-state index in [0.29, 0.717) is 27.8 Å². The number of carbonyl (C=O) groups is 1. The van der Waals surface area contributed by atoms with Crippen LogP contribution in [0.2, 0.25) is 5.02 Å². The van der Waals surface area contributed by atoms with Crippen molar-refractivity contribution in [2.75, 3.05) is 25.5 Å². The zero-order valence-electron chi connectivity index (χ0n) is 17.5. The summed E-state index contributed by atoms with van der Waals surface area (Å²) in [6.45, 7) is 2.16. The van der Waals surface area contributed by atoms with Crippen LogP contribution in [0.25, 0.3) is 22.8 Å². The standard InChI is InChI=1S/C26H21ClF2N2O/c1-31-7-6-18(14-31)16-2-4-17(5-3-16)21-12-22-23(26(32)30-25(22)13-24(21)27)10-15-8-19(28)11-20(29)9-15/h2-5,8-13,18H,6-7,14H2,1H3,(H,30,32)/b23-10-. The summed E-state index contributed by atoms with van der Waals surface area (Å²) in [5.74, 6) is -1.19. The van der Waals surface area contributed by atoms with Gasteiger partial charge in [0.2, 0.25) is 0 Å². The molecular weight excluding hydrogens is 430 g/mol. The van der Waals surface area contributed by atoms with Crippen molar-refractivity contribution in [2.24, 2.45) is 0 Å². The SMILES string of the molecule is CN1CCC(c2ccc(-c3cc4c(cc3Cl)NC(=O)/C4=C\c3cc(F)cc(F)c3)cc2)C1. The molecule has 3 aromatic rings. The number of likely N-dealkylation sites (N-methyl/N-ethyl adjacent to an activating group) is 1. The molecule has 0 saturated carbocycles. The van der Waals surface area contributed by atoms with Gasteiger partial charge in [-0.1, -0.05) is 35.9 Å². The number of halogens is 3. The minimum Gasteiger partial charge on any atom is -0.321 e. The maximum Gasteiger partial charge on any atom is 0.256 e. The summed E-state index contributed by atoms with van der Waals surface area (Å²) in [7, 11) is 2.14. The molecule has 5 rings (SSSR count). The van der Waals surface area contributed by atoms with Gasteiger partial charge >= 0.3 is 0 Å². The third kappa shape index (κ3) is 3.94. The molecule has 0 aliphatic carbocycles. The average Bonchev–Trinajstić information content (AvgIpc) is 3.30. The first-order valence-electron chi connectivity index (χ1n) is 10.5. The summed E-state index contributed by atoms with van der Waals surface area (Å²) in [6.07, 6.45) is 2.64. The molecule has 2 aliphatic rings. The predicted molar refractivity (Wildman–Crippen MR) is 125 cm³/mol. The predicted octanol–water partition coefficient (Wildman–Crippen LogP) is 6.20. The number of amides is 1. The molecule has 6 heteroatoms. The lowest BCUT2D eigenvalue weighted by atomic mass is 9.94. The Morgan fingerprint density at radius 3 is 2.41 bits per heavy atom. The molecule has 2 aliphatic heterocycles. The van der Waals surface area contributed by atoms with Crippen molar-refractivity contribution in [2.45, 2.75) is 12.3 Å². The number of benzene rings is 3. The Bertz CT molecular complexity index is 1230. The van der Waals surface area contributed by atoms with Crippen LogP contribution in [0.5, 0.6) is 0 Å². The minimum absolute atomic E-state index is 0.280. The number of likely N-dealkylation sites (tertiary alicyclic amines) is 1. The summed E-state index contributed by atoms with van der Waals surface area (Å²) in [5, 5.41) is 3.31. The Morgan fingerprint density at radius 2 is 1.75 bits per heavy atom. The van der Waals surface area contributed by atoms with Gasteiger partial charge in [0.1, 0.15) is 11.6 Å². The van der Waals surface area contributed by atoms with Gasteiger partial charge in [0.05, 0.1) is 10.7 Å². The molecule has 1 amide bonds. The van der Waals surface area contributed by atoms with Crippen LogP contribution in [-0.2, 0) is 4.79 Å².